The van der Waals surface area contributed by atoms with E-state index in [0.29, 0.717) is 48.5 Å². The SMILES string of the molecule is N#Cc1[nH]c2nc1-c1ccccc1N[C@@H](C(=O)N1CC(O)C1)CCCC[C@@H]2NC(=O)/C=C/c1c(-n2cnnn2)ccc(Cl)c1F. The van der Waals surface area contributed by atoms with Gasteiger partial charge in [0.2, 0.25) is 11.8 Å². The molecule has 0 radical (unpaired) electrons. The Morgan fingerprint density at radius 2 is 1.98 bits per heavy atom. The minimum Gasteiger partial charge on any atom is -0.389 e. The molecule has 2 bridgehead atoms. The molecule has 1 saturated heterocycles. The number of tetrazole rings is 1. The number of benzene rings is 2. The van der Waals surface area contributed by atoms with Crippen LogP contribution in [0, 0.1) is 17.1 Å². The molecule has 0 spiro atoms. The highest BCUT2D eigenvalue weighted by molar-refractivity contribution is 6.31. The van der Waals surface area contributed by atoms with Crippen molar-refractivity contribution in [3.05, 3.63) is 76.7 Å². The third-order valence-corrected chi connectivity index (χ3v) is 8.10. The van der Waals surface area contributed by atoms with Gasteiger partial charge in [-0.25, -0.2) is 9.37 Å². The lowest BCUT2D eigenvalue weighted by molar-refractivity contribution is -0.142. The van der Waals surface area contributed by atoms with Gasteiger partial charge in [0.1, 0.15) is 35.7 Å². The molecule has 4 aromatic rings. The Hall–Kier alpha value is -5.13. The Morgan fingerprint density at radius 1 is 1.18 bits per heavy atom. The number of aliphatic hydroxyl groups is 1. The van der Waals surface area contributed by atoms with Gasteiger partial charge < -0.3 is 25.6 Å². The van der Waals surface area contributed by atoms with E-state index < -0.39 is 29.9 Å². The van der Waals surface area contributed by atoms with Crippen molar-refractivity contribution in [2.75, 3.05) is 18.4 Å². The number of H-pyrrole nitrogens is 1. The smallest absolute Gasteiger partial charge is 0.245 e. The summed E-state index contributed by atoms with van der Waals surface area (Å²) in [6, 6.07) is 11.2. The molecule has 45 heavy (non-hydrogen) atoms. The average Bonchev–Trinajstić information content (AvgIpc) is 3.71. The van der Waals surface area contributed by atoms with Crippen LogP contribution in [0.4, 0.5) is 10.1 Å². The van der Waals surface area contributed by atoms with Crippen LogP contribution in [0.5, 0.6) is 0 Å². The van der Waals surface area contributed by atoms with Crippen LogP contribution >= 0.6 is 11.6 Å². The summed E-state index contributed by atoms with van der Waals surface area (Å²) in [5, 5.41) is 36.8. The number of halogens is 2. The molecule has 15 heteroatoms. The fourth-order valence-electron chi connectivity index (χ4n) is 5.49. The first-order valence-electron chi connectivity index (χ1n) is 14.3. The molecular formula is C30H28ClFN10O3. The maximum atomic E-state index is 15.0. The Morgan fingerprint density at radius 3 is 2.73 bits per heavy atom. The molecule has 6 rings (SSSR count). The summed E-state index contributed by atoms with van der Waals surface area (Å²) in [6.07, 6.45) is 5.48. The molecule has 2 aliphatic heterocycles. The van der Waals surface area contributed by atoms with Crippen LogP contribution in [0.2, 0.25) is 5.02 Å². The van der Waals surface area contributed by atoms with Crippen molar-refractivity contribution >= 4 is 35.2 Å². The standard InChI is InChI=1S/C30H28ClFN10O3/c31-20-10-11-25(42-16-34-39-40-42)19(27(20)32)9-12-26(44)36-22-7-3-4-8-23(30(45)41-14-17(43)15-41)35-21-6-2-1-5-18(21)28-24(13-33)37-29(22)38-28/h1-2,5-6,9-12,16-17,22-23,35,43H,3-4,7-8,14-15H2,(H,36,44)(H,37,38)/b12-9+/t22-,23+/m0/s1. The Labute approximate surface area is 261 Å². The summed E-state index contributed by atoms with van der Waals surface area (Å²) in [4.78, 5) is 35.9. The third kappa shape index (κ3) is 6.26. The van der Waals surface area contributed by atoms with E-state index in [2.05, 4.69) is 37.2 Å². The predicted molar refractivity (Wildman–Crippen MR) is 161 cm³/mol. The topological polar surface area (TPSA) is 178 Å². The minimum absolute atomic E-state index is 0.0187. The van der Waals surface area contributed by atoms with Crippen LogP contribution in [-0.4, -0.2) is 77.2 Å². The fraction of sp³-hybridized carbons (Fsp3) is 0.300. The molecule has 2 aliphatic rings. The lowest BCUT2D eigenvalue weighted by Gasteiger charge is -2.38. The van der Waals surface area contributed by atoms with Gasteiger partial charge in [-0.15, -0.1) is 5.10 Å². The number of carbonyl (C=O) groups excluding carboxylic acids is 2. The van der Waals surface area contributed by atoms with Crippen molar-refractivity contribution in [3.63, 3.8) is 0 Å². The van der Waals surface area contributed by atoms with Crippen molar-refractivity contribution in [1.82, 2.24) is 40.4 Å². The largest absolute Gasteiger partial charge is 0.389 e. The molecule has 4 N–H and O–H groups in total. The van der Waals surface area contributed by atoms with E-state index in [1.54, 1.807) is 4.90 Å². The quantitative estimate of drug-likeness (QED) is 0.241. The summed E-state index contributed by atoms with van der Waals surface area (Å²) in [7, 11) is 0. The number of nitrogens with one attached hydrogen (secondary N) is 3. The van der Waals surface area contributed by atoms with Gasteiger partial charge in [0.05, 0.1) is 22.9 Å². The molecule has 2 amide bonds. The number of nitrogens with zero attached hydrogens (tertiary/aromatic N) is 7. The van der Waals surface area contributed by atoms with E-state index in [-0.39, 0.29) is 41.0 Å². The van der Waals surface area contributed by atoms with Gasteiger partial charge in [-0.1, -0.05) is 42.6 Å². The first-order valence-corrected chi connectivity index (χ1v) is 14.7. The molecular weight excluding hydrogens is 603 g/mol. The zero-order valence-electron chi connectivity index (χ0n) is 23.8. The van der Waals surface area contributed by atoms with E-state index >= 15 is 4.39 Å². The highest BCUT2D eigenvalue weighted by Crippen LogP contribution is 2.33. The predicted octanol–water partition coefficient (Wildman–Crippen LogP) is 3.14. The van der Waals surface area contributed by atoms with Crippen LogP contribution in [0.1, 0.15) is 48.8 Å². The molecule has 230 valence electrons. The van der Waals surface area contributed by atoms with Crippen molar-refractivity contribution in [2.45, 2.75) is 43.9 Å². The van der Waals surface area contributed by atoms with Gasteiger partial charge in [0, 0.05) is 36.0 Å². The average molecular weight is 631 g/mol. The zero-order valence-corrected chi connectivity index (χ0v) is 24.6. The van der Waals surface area contributed by atoms with Gasteiger partial charge in [-0.3, -0.25) is 9.59 Å². The van der Waals surface area contributed by atoms with E-state index in [4.69, 9.17) is 16.6 Å². The lowest BCUT2D eigenvalue weighted by Crippen LogP contribution is -2.57. The maximum Gasteiger partial charge on any atom is 0.245 e. The molecule has 2 aromatic heterocycles. The number of amides is 2. The van der Waals surface area contributed by atoms with Crippen LogP contribution < -0.4 is 10.6 Å². The van der Waals surface area contributed by atoms with Crippen molar-refractivity contribution in [1.29, 1.82) is 5.26 Å². The van der Waals surface area contributed by atoms with Gasteiger partial charge >= 0.3 is 0 Å². The summed E-state index contributed by atoms with van der Waals surface area (Å²) < 4.78 is 16.3. The fourth-order valence-corrected chi connectivity index (χ4v) is 5.65. The zero-order chi connectivity index (χ0) is 31.5. The number of fused-ring (bicyclic) bond motifs is 4. The Kier molecular flexibility index (Phi) is 8.54. The number of carbonyl (C=O) groups is 2. The van der Waals surface area contributed by atoms with Gasteiger partial charge in [0.15, 0.2) is 5.82 Å². The maximum absolute atomic E-state index is 15.0. The first-order chi connectivity index (χ1) is 21.8. The number of hydrogen-bond acceptors (Lipinski definition) is 9. The van der Waals surface area contributed by atoms with Crippen LogP contribution in [0.15, 0.2) is 48.8 Å². The number of aliphatic hydroxyl groups excluding tert-OH is 1. The van der Waals surface area contributed by atoms with Crippen LogP contribution in [-0.2, 0) is 9.59 Å². The summed E-state index contributed by atoms with van der Waals surface area (Å²) in [5.41, 5.74) is 2.14. The summed E-state index contributed by atoms with van der Waals surface area (Å²) >= 11 is 6.01. The van der Waals surface area contributed by atoms with Crippen molar-refractivity contribution in [3.8, 4) is 23.0 Å². The molecule has 4 heterocycles. The molecule has 13 nitrogen and oxygen atoms in total. The Balaban J connectivity index is 1.29. The second-order valence-corrected chi connectivity index (χ2v) is 11.2. The number of nitriles is 1. The monoisotopic (exact) mass is 630 g/mol. The minimum atomic E-state index is -0.738. The lowest BCUT2D eigenvalue weighted by atomic mass is 10.00. The first kappa shape index (κ1) is 29.9. The van der Waals surface area contributed by atoms with Gasteiger partial charge in [-0.05, 0) is 47.5 Å². The van der Waals surface area contributed by atoms with Crippen molar-refractivity contribution in [2.24, 2.45) is 0 Å². The number of β-amino-alcohol motifs (C(OH)–C–C–N with tert-alkyl or cyclic N) is 1. The van der Waals surface area contributed by atoms with Crippen LogP contribution in [0.25, 0.3) is 23.0 Å². The molecule has 2 atom stereocenters. The van der Waals surface area contributed by atoms with Crippen LogP contribution in [0.3, 0.4) is 0 Å². The van der Waals surface area contributed by atoms with E-state index in [0.717, 1.165) is 0 Å². The molecule has 0 aliphatic carbocycles. The number of aromatic nitrogens is 6. The third-order valence-electron chi connectivity index (χ3n) is 7.81. The molecule has 1 fully saturated rings. The van der Waals surface area contributed by atoms with Crippen molar-refractivity contribution < 1.29 is 19.1 Å². The molecule has 0 unspecified atom stereocenters. The number of imidazole rings is 1. The molecule has 0 saturated carbocycles. The van der Waals surface area contributed by atoms with E-state index in [1.165, 1.54) is 35.3 Å². The number of likely N-dealkylation sites (tertiary alicyclic amines) is 1. The highest BCUT2D eigenvalue weighted by atomic mass is 35.5. The number of hydrogen-bond donors (Lipinski definition) is 4. The van der Waals surface area contributed by atoms with Gasteiger partial charge in [-0.2, -0.15) is 9.94 Å². The number of aromatic amines is 1. The second kappa shape index (κ2) is 12.8. The normalized spacial score (nSPS) is 18.6. The number of anilines is 1. The number of rotatable bonds is 5. The highest BCUT2D eigenvalue weighted by Gasteiger charge is 2.34. The summed E-state index contributed by atoms with van der Waals surface area (Å²) in [5.74, 6) is -0.987. The number of para-hydroxylation sites is 1. The second-order valence-electron chi connectivity index (χ2n) is 10.8. The Bertz CT molecular complexity index is 1800. The summed E-state index contributed by atoms with van der Waals surface area (Å²) in [6.45, 7) is 0.579. The van der Waals surface area contributed by atoms with E-state index in [9.17, 15) is 20.0 Å². The van der Waals surface area contributed by atoms with Gasteiger partial charge in [0.25, 0.3) is 0 Å². The van der Waals surface area contributed by atoms with E-state index in [1.807, 2.05) is 24.3 Å². The molecule has 2 aromatic carbocycles.